The molecule has 19 heavy (non-hydrogen) atoms. The minimum atomic E-state index is -0.546. The molecule has 0 radical (unpaired) electrons. The van der Waals surface area contributed by atoms with Crippen molar-refractivity contribution in [1.82, 2.24) is 4.98 Å². The second-order valence-electron chi connectivity index (χ2n) is 4.08. The SMILES string of the molecule is CC(C)OC(=O)c1nc(Br)sc1-c1ccccc1F. The van der Waals surface area contributed by atoms with Crippen LogP contribution in [0.2, 0.25) is 0 Å². The first-order valence-electron chi connectivity index (χ1n) is 5.61. The van der Waals surface area contributed by atoms with Crippen molar-refractivity contribution < 1.29 is 13.9 Å². The molecule has 0 saturated heterocycles. The number of carbonyl (C=O) groups excluding carboxylic acids is 1. The first kappa shape index (κ1) is 14.1. The lowest BCUT2D eigenvalue weighted by Gasteiger charge is -2.07. The number of carbonyl (C=O) groups is 1. The Morgan fingerprint density at radius 2 is 2.11 bits per heavy atom. The second kappa shape index (κ2) is 5.79. The fourth-order valence-electron chi connectivity index (χ4n) is 1.53. The molecule has 1 aromatic carbocycles. The Kier molecular flexibility index (Phi) is 4.31. The molecule has 1 heterocycles. The van der Waals surface area contributed by atoms with Crippen molar-refractivity contribution in [3.8, 4) is 10.4 Å². The van der Waals surface area contributed by atoms with Gasteiger partial charge in [-0.15, -0.1) is 11.3 Å². The molecular formula is C13H11BrFNO2S. The first-order chi connectivity index (χ1) is 8.99. The van der Waals surface area contributed by atoms with E-state index in [9.17, 15) is 9.18 Å². The van der Waals surface area contributed by atoms with Gasteiger partial charge in [-0.3, -0.25) is 0 Å². The molecule has 0 fully saturated rings. The van der Waals surface area contributed by atoms with Gasteiger partial charge in [-0.1, -0.05) is 18.2 Å². The molecule has 0 spiro atoms. The average Bonchev–Trinajstić information content (AvgIpc) is 2.71. The molecule has 3 nitrogen and oxygen atoms in total. The maximum Gasteiger partial charge on any atom is 0.358 e. The Morgan fingerprint density at radius 3 is 2.74 bits per heavy atom. The fraction of sp³-hybridized carbons (Fsp3) is 0.231. The number of hydrogen-bond acceptors (Lipinski definition) is 4. The monoisotopic (exact) mass is 343 g/mol. The summed E-state index contributed by atoms with van der Waals surface area (Å²) in [5.74, 6) is -0.938. The van der Waals surface area contributed by atoms with E-state index in [1.54, 1.807) is 32.0 Å². The van der Waals surface area contributed by atoms with Gasteiger partial charge in [0.15, 0.2) is 9.61 Å². The third-order valence-electron chi connectivity index (χ3n) is 2.26. The number of halogens is 2. The van der Waals surface area contributed by atoms with Crippen molar-refractivity contribution in [2.45, 2.75) is 20.0 Å². The zero-order valence-corrected chi connectivity index (χ0v) is 12.7. The zero-order chi connectivity index (χ0) is 14.0. The Bertz CT molecular complexity index is 612. The van der Waals surface area contributed by atoms with E-state index in [1.807, 2.05) is 0 Å². The standard InChI is InChI=1S/C13H11BrFNO2S/c1-7(2)18-12(17)10-11(19-13(14)16-10)8-5-3-4-6-9(8)15/h3-7H,1-2H3. The second-order valence-corrected chi connectivity index (χ2v) is 6.35. The molecule has 0 unspecified atom stereocenters. The Morgan fingerprint density at radius 1 is 1.42 bits per heavy atom. The number of benzene rings is 1. The van der Waals surface area contributed by atoms with E-state index >= 15 is 0 Å². The summed E-state index contributed by atoms with van der Waals surface area (Å²) in [6.07, 6.45) is -0.249. The van der Waals surface area contributed by atoms with Crippen LogP contribution < -0.4 is 0 Å². The predicted octanol–water partition coefficient (Wildman–Crippen LogP) is 4.28. The molecule has 0 bridgehead atoms. The lowest BCUT2D eigenvalue weighted by atomic mass is 10.1. The Labute approximate surface area is 122 Å². The summed E-state index contributed by atoms with van der Waals surface area (Å²) in [6.45, 7) is 3.50. The van der Waals surface area contributed by atoms with Crippen molar-refractivity contribution in [3.63, 3.8) is 0 Å². The third-order valence-corrected chi connectivity index (χ3v) is 3.80. The van der Waals surface area contributed by atoms with Crippen molar-refractivity contribution in [2.75, 3.05) is 0 Å². The molecule has 1 aromatic heterocycles. The van der Waals surface area contributed by atoms with Crippen LogP contribution >= 0.6 is 27.3 Å². The summed E-state index contributed by atoms with van der Waals surface area (Å²) in [7, 11) is 0. The molecule has 0 saturated carbocycles. The van der Waals surface area contributed by atoms with Gasteiger partial charge in [0, 0.05) is 5.56 Å². The highest BCUT2D eigenvalue weighted by molar-refractivity contribution is 9.11. The van der Waals surface area contributed by atoms with Gasteiger partial charge in [-0.2, -0.15) is 0 Å². The van der Waals surface area contributed by atoms with Crippen LogP contribution in [-0.2, 0) is 4.74 Å². The first-order valence-corrected chi connectivity index (χ1v) is 7.22. The molecule has 0 aliphatic heterocycles. The van der Waals surface area contributed by atoms with Crippen LogP contribution in [0.15, 0.2) is 28.2 Å². The van der Waals surface area contributed by atoms with Crippen molar-refractivity contribution in [3.05, 3.63) is 39.7 Å². The number of ether oxygens (including phenoxy) is 1. The van der Waals surface area contributed by atoms with Crippen molar-refractivity contribution in [2.24, 2.45) is 0 Å². The Hall–Kier alpha value is -1.27. The maximum absolute atomic E-state index is 13.8. The van der Waals surface area contributed by atoms with E-state index in [1.165, 1.54) is 17.4 Å². The van der Waals surface area contributed by atoms with Gasteiger partial charge in [0.05, 0.1) is 11.0 Å². The molecular weight excluding hydrogens is 333 g/mol. The van der Waals surface area contributed by atoms with Gasteiger partial charge in [-0.05, 0) is 35.8 Å². The highest BCUT2D eigenvalue weighted by atomic mass is 79.9. The van der Waals surface area contributed by atoms with Gasteiger partial charge >= 0.3 is 5.97 Å². The van der Waals surface area contributed by atoms with E-state index < -0.39 is 11.8 Å². The highest BCUT2D eigenvalue weighted by Gasteiger charge is 2.22. The van der Waals surface area contributed by atoms with Gasteiger partial charge in [-0.25, -0.2) is 14.2 Å². The number of aromatic nitrogens is 1. The third kappa shape index (κ3) is 3.19. The van der Waals surface area contributed by atoms with Crippen molar-refractivity contribution in [1.29, 1.82) is 0 Å². The van der Waals surface area contributed by atoms with Gasteiger partial charge in [0.1, 0.15) is 5.82 Å². The number of thiazole rings is 1. The lowest BCUT2D eigenvalue weighted by molar-refractivity contribution is 0.0372. The topological polar surface area (TPSA) is 39.2 Å². The van der Waals surface area contributed by atoms with Gasteiger partial charge in [0.2, 0.25) is 0 Å². The summed E-state index contributed by atoms with van der Waals surface area (Å²) in [4.78, 5) is 16.5. The zero-order valence-electron chi connectivity index (χ0n) is 10.3. The van der Waals surface area contributed by atoms with Crippen LogP contribution in [0.1, 0.15) is 24.3 Å². The number of rotatable bonds is 3. The lowest BCUT2D eigenvalue weighted by Crippen LogP contribution is -2.12. The summed E-state index contributed by atoms with van der Waals surface area (Å²) < 4.78 is 19.4. The number of hydrogen-bond donors (Lipinski definition) is 0. The number of nitrogens with zero attached hydrogens (tertiary/aromatic N) is 1. The van der Waals surface area contributed by atoms with Gasteiger partial charge in [0.25, 0.3) is 0 Å². The van der Waals surface area contributed by atoms with Crippen LogP contribution in [-0.4, -0.2) is 17.1 Å². The minimum Gasteiger partial charge on any atom is -0.458 e. The van der Waals surface area contributed by atoms with E-state index in [0.717, 1.165) is 0 Å². The van der Waals surface area contributed by atoms with Crippen LogP contribution in [0.4, 0.5) is 4.39 Å². The summed E-state index contributed by atoms with van der Waals surface area (Å²) >= 11 is 4.42. The summed E-state index contributed by atoms with van der Waals surface area (Å²) in [5, 5.41) is 0. The van der Waals surface area contributed by atoms with E-state index in [2.05, 4.69) is 20.9 Å². The minimum absolute atomic E-state index is 0.135. The van der Waals surface area contributed by atoms with Crippen LogP contribution in [0.5, 0.6) is 0 Å². The van der Waals surface area contributed by atoms with Crippen molar-refractivity contribution >= 4 is 33.2 Å². The van der Waals surface area contributed by atoms with Crippen LogP contribution in [0, 0.1) is 5.82 Å². The van der Waals surface area contributed by atoms with Gasteiger partial charge < -0.3 is 4.74 Å². The average molecular weight is 344 g/mol. The molecule has 0 atom stereocenters. The Balaban J connectivity index is 2.47. The van der Waals surface area contributed by atoms with E-state index in [4.69, 9.17) is 4.74 Å². The smallest absolute Gasteiger partial charge is 0.358 e. The molecule has 2 rings (SSSR count). The largest absolute Gasteiger partial charge is 0.458 e. The summed E-state index contributed by atoms with van der Waals surface area (Å²) in [5.41, 5.74) is 0.483. The normalized spacial score (nSPS) is 10.8. The molecule has 2 aromatic rings. The number of esters is 1. The van der Waals surface area contributed by atoms with E-state index in [-0.39, 0.29) is 11.8 Å². The quantitative estimate of drug-likeness (QED) is 0.781. The molecule has 0 N–H and O–H groups in total. The highest BCUT2D eigenvalue weighted by Crippen LogP contribution is 2.34. The molecule has 6 heteroatoms. The predicted molar refractivity (Wildman–Crippen MR) is 75.8 cm³/mol. The summed E-state index contributed by atoms with van der Waals surface area (Å²) in [6, 6.07) is 6.27. The maximum atomic E-state index is 13.8. The van der Waals surface area contributed by atoms with Crippen LogP contribution in [0.3, 0.4) is 0 Å². The molecule has 0 aliphatic carbocycles. The fourth-order valence-corrected chi connectivity index (χ4v) is 3.00. The molecule has 0 amide bonds. The molecule has 0 aliphatic rings. The van der Waals surface area contributed by atoms with E-state index in [0.29, 0.717) is 14.4 Å². The van der Waals surface area contributed by atoms with Crippen LogP contribution in [0.25, 0.3) is 10.4 Å². The molecule has 100 valence electrons.